The standard InChI is InChI=1S/C23H25N3O2/c1-23(2,3)16-5-7-17(8-6-16)25-19-13-14-24-21(15-19)22(27)26-18-9-11-20(28-4)12-10-18/h5-15H,1-4H3,(H,24,25)(H,26,27). The normalized spacial score (nSPS) is 11.0. The first-order valence-electron chi connectivity index (χ1n) is 9.14. The number of hydrogen-bond acceptors (Lipinski definition) is 4. The summed E-state index contributed by atoms with van der Waals surface area (Å²) in [4.78, 5) is 16.7. The summed E-state index contributed by atoms with van der Waals surface area (Å²) in [7, 11) is 1.60. The van der Waals surface area contributed by atoms with Crippen LogP contribution in [0.4, 0.5) is 17.1 Å². The van der Waals surface area contributed by atoms with E-state index in [2.05, 4.69) is 48.5 Å². The van der Waals surface area contributed by atoms with Crippen molar-refractivity contribution in [3.8, 4) is 5.75 Å². The van der Waals surface area contributed by atoms with Gasteiger partial charge in [0.15, 0.2) is 0 Å². The van der Waals surface area contributed by atoms with E-state index in [4.69, 9.17) is 4.74 Å². The Morgan fingerprint density at radius 2 is 1.54 bits per heavy atom. The molecule has 0 aliphatic carbocycles. The highest BCUT2D eigenvalue weighted by atomic mass is 16.5. The minimum absolute atomic E-state index is 0.113. The number of ether oxygens (including phenoxy) is 1. The number of pyridine rings is 1. The van der Waals surface area contributed by atoms with E-state index >= 15 is 0 Å². The predicted molar refractivity (Wildman–Crippen MR) is 114 cm³/mol. The molecule has 0 radical (unpaired) electrons. The van der Waals surface area contributed by atoms with E-state index in [1.165, 1.54) is 5.56 Å². The van der Waals surface area contributed by atoms with Crippen molar-refractivity contribution in [2.45, 2.75) is 26.2 Å². The number of nitrogens with one attached hydrogen (secondary N) is 2. The average Bonchev–Trinajstić information content (AvgIpc) is 2.68. The molecule has 0 aliphatic rings. The molecule has 0 aliphatic heterocycles. The molecular weight excluding hydrogens is 350 g/mol. The highest BCUT2D eigenvalue weighted by molar-refractivity contribution is 6.03. The summed E-state index contributed by atoms with van der Waals surface area (Å²) < 4.78 is 5.12. The Morgan fingerprint density at radius 1 is 0.893 bits per heavy atom. The predicted octanol–water partition coefficient (Wildman–Crippen LogP) is 5.38. The molecule has 1 aromatic heterocycles. The van der Waals surface area contributed by atoms with Crippen molar-refractivity contribution < 1.29 is 9.53 Å². The molecule has 0 bridgehead atoms. The number of methoxy groups -OCH3 is 1. The second-order valence-electron chi connectivity index (χ2n) is 7.56. The van der Waals surface area contributed by atoms with Gasteiger partial charge in [-0.1, -0.05) is 32.9 Å². The highest BCUT2D eigenvalue weighted by Crippen LogP contribution is 2.25. The smallest absolute Gasteiger partial charge is 0.274 e. The van der Waals surface area contributed by atoms with Crippen LogP contribution in [-0.4, -0.2) is 18.0 Å². The second kappa shape index (κ2) is 8.13. The molecule has 1 amide bonds. The van der Waals surface area contributed by atoms with Crippen LogP contribution in [0.5, 0.6) is 5.75 Å². The number of anilines is 3. The molecular formula is C23H25N3O2. The Bertz CT molecular complexity index is 943. The van der Waals surface area contributed by atoms with Gasteiger partial charge < -0.3 is 15.4 Å². The van der Waals surface area contributed by atoms with Crippen LogP contribution in [0.1, 0.15) is 36.8 Å². The Balaban J connectivity index is 1.70. The fourth-order valence-electron chi connectivity index (χ4n) is 2.72. The number of benzene rings is 2. The van der Waals surface area contributed by atoms with Gasteiger partial charge in [0.1, 0.15) is 11.4 Å². The minimum Gasteiger partial charge on any atom is -0.497 e. The summed E-state index contributed by atoms with van der Waals surface area (Å²) in [5.41, 5.74) is 4.17. The topological polar surface area (TPSA) is 63.2 Å². The van der Waals surface area contributed by atoms with Gasteiger partial charge in [0.05, 0.1) is 7.11 Å². The van der Waals surface area contributed by atoms with E-state index in [1.54, 1.807) is 43.6 Å². The van der Waals surface area contributed by atoms with Crippen LogP contribution >= 0.6 is 0 Å². The summed E-state index contributed by atoms with van der Waals surface area (Å²) in [6.45, 7) is 6.56. The van der Waals surface area contributed by atoms with Gasteiger partial charge in [-0.2, -0.15) is 0 Å². The molecule has 28 heavy (non-hydrogen) atoms. The number of amides is 1. The Kier molecular flexibility index (Phi) is 5.64. The van der Waals surface area contributed by atoms with Gasteiger partial charge >= 0.3 is 0 Å². The largest absolute Gasteiger partial charge is 0.497 e. The number of carbonyl (C=O) groups is 1. The lowest BCUT2D eigenvalue weighted by Gasteiger charge is -2.19. The van der Waals surface area contributed by atoms with Crippen LogP contribution in [0.25, 0.3) is 0 Å². The van der Waals surface area contributed by atoms with E-state index in [0.717, 1.165) is 17.1 Å². The molecule has 5 nitrogen and oxygen atoms in total. The fourth-order valence-corrected chi connectivity index (χ4v) is 2.72. The zero-order valence-corrected chi connectivity index (χ0v) is 16.6. The molecule has 0 saturated carbocycles. The van der Waals surface area contributed by atoms with Crippen LogP contribution in [0.15, 0.2) is 66.9 Å². The van der Waals surface area contributed by atoms with Crippen molar-refractivity contribution in [2.75, 3.05) is 17.7 Å². The van der Waals surface area contributed by atoms with Gasteiger partial charge in [-0.05, 0) is 59.5 Å². The minimum atomic E-state index is -0.267. The SMILES string of the molecule is COc1ccc(NC(=O)c2cc(Nc3ccc(C(C)(C)C)cc3)ccn2)cc1. The lowest BCUT2D eigenvalue weighted by atomic mass is 9.87. The zero-order chi connectivity index (χ0) is 20.1. The van der Waals surface area contributed by atoms with Crippen LogP contribution in [0.2, 0.25) is 0 Å². The van der Waals surface area contributed by atoms with E-state index in [-0.39, 0.29) is 11.3 Å². The highest BCUT2D eigenvalue weighted by Gasteiger charge is 2.13. The van der Waals surface area contributed by atoms with Crippen LogP contribution < -0.4 is 15.4 Å². The Labute approximate surface area is 165 Å². The molecule has 0 unspecified atom stereocenters. The third-order valence-corrected chi connectivity index (χ3v) is 4.38. The van der Waals surface area contributed by atoms with Crippen molar-refractivity contribution in [3.05, 3.63) is 78.1 Å². The number of nitrogens with zero attached hydrogens (tertiary/aromatic N) is 1. The first kappa shape index (κ1) is 19.4. The zero-order valence-electron chi connectivity index (χ0n) is 16.6. The summed E-state index contributed by atoms with van der Waals surface area (Å²) in [6.07, 6.45) is 1.62. The van der Waals surface area contributed by atoms with E-state index in [9.17, 15) is 4.79 Å². The number of hydrogen-bond donors (Lipinski definition) is 2. The molecule has 0 atom stereocenters. The monoisotopic (exact) mass is 375 g/mol. The fraction of sp³-hybridized carbons (Fsp3) is 0.217. The maximum Gasteiger partial charge on any atom is 0.274 e. The van der Waals surface area contributed by atoms with Crippen molar-refractivity contribution in [3.63, 3.8) is 0 Å². The van der Waals surface area contributed by atoms with Gasteiger partial charge in [-0.3, -0.25) is 9.78 Å². The summed E-state index contributed by atoms with van der Waals surface area (Å²) in [6, 6.07) is 19.0. The molecule has 0 spiro atoms. The number of aromatic nitrogens is 1. The summed E-state index contributed by atoms with van der Waals surface area (Å²) in [5, 5.41) is 6.16. The molecule has 3 rings (SSSR count). The Hall–Kier alpha value is -3.34. The molecule has 2 N–H and O–H groups in total. The third kappa shape index (κ3) is 4.88. The lowest BCUT2D eigenvalue weighted by Crippen LogP contribution is -2.13. The summed E-state index contributed by atoms with van der Waals surface area (Å²) in [5.74, 6) is 0.469. The van der Waals surface area contributed by atoms with Crippen molar-refractivity contribution in [1.29, 1.82) is 0 Å². The maximum atomic E-state index is 12.5. The molecule has 2 aromatic carbocycles. The first-order valence-corrected chi connectivity index (χ1v) is 9.14. The molecule has 0 saturated heterocycles. The van der Waals surface area contributed by atoms with Gasteiger partial charge in [0, 0.05) is 23.3 Å². The van der Waals surface area contributed by atoms with Crippen LogP contribution in [0.3, 0.4) is 0 Å². The Morgan fingerprint density at radius 3 is 2.14 bits per heavy atom. The second-order valence-corrected chi connectivity index (χ2v) is 7.56. The lowest BCUT2D eigenvalue weighted by molar-refractivity contribution is 0.102. The summed E-state index contributed by atoms with van der Waals surface area (Å²) >= 11 is 0. The van der Waals surface area contributed by atoms with Gasteiger partial charge in [0.25, 0.3) is 5.91 Å². The quantitative estimate of drug-likeness (QED) is 0.628. The third-order valence-electron chi connectivity index (χ3n) is 4.38. The molecule has 1 heterocycles. The van der Waals surface area contributed by atoms with Gasteiger partial charge in [-0.15, -0.1) is 0 Å². The van der Waals surface area contributed by atoms with Crippen molar-refractivity contribution >= 4 is 23.0 Å². The number of rotatable bonds is 5. The molecule has 0 fully saturated rings. The van der Waals surface area contributed by atoms with Crippen LogP contribution in [0, 0.1) is 0 Å². The molecule has 144 valence electrons. The first-order chi connectivity index (χ1) is 13.3. The van der Waals surface area contributed by atoms with E-state index in [1.807, 2.05) is 18.2 Å². The van der Waals surface area contributed by atoms with Gasteiger partial charge in [0.2, 0.25) is 0 Å². The average molecular weight is 375 g/mol. The maximum absolute atomic E-state index is 12.5. The van der Waals surface area contributed by atoms with E-state index < -0.39 is 0 Å². The number of carbonyl (C=O) groups excluding carboxylic acids is 1. The van der Waals surface area contributed by atoms with Crippen molar-refractivity contribution in [1.82, 2.24) is 4.98 Å². The van der Waals surface area contributed by atoms with Crippen molar-refractivity contribution in [2.24, 2.45) is 0 Å². The van der Waals surface area contributed by atoms with E-state index in [0.29, 0.717) is 11.4 Å². The van der Waals surface area contributed by atoms with Gasteiger partial charge in [-0.25, -0.2) is 0 Å². The molecule has 3 aromatic rings. The molecule has 5 heteroatoms. The van der Waals surface area contributed by atoms with Crippen LogP contribution in [-0.2, 0) is 5.41 Å².